The Morgan fingerprint density at radius 3 is 1.80 bits per heavy atom. The zero-order valence-corrected chi connectivity index (χ0v) is 16.7. The molecule has 1 amide bonds. The summed E-state index contributed by atoms with van der Waals surface area (Å²) in [6, 6.07) is 0. The third kappa shape index (κ3) is 12.9. The molecule has 1 saturated heterocycles. The molecule has 0 aromatic carbocycles. The molecule has 1 aliphatic rings. The number of unbranched alkanes of at least 4 members (excludes halogenated alkanes) is 11. The van der Waals surface area contributed by atoms with Gasteiger partial charge in [0, 0.05) is 13.1 Å². The molecule has 0 spiro atoms. The lowest BCUT2D eigenvalue weighted by molar-refractivity contribution is -0.125. The van der Waals surface area contributed by atoms with Gasteiger partial charge in [-0.2, -0.15) is 0 Å². The number of allylic oxidation sites excluding steroid dienone is 3. The van der Waals surface area contributed by atoms with Gasteiger partial charge >= 0.3 is 0 Å². The van der Waals surface area contributed by atoms with Gasteiger partial charge < -0.3 is 4.90 Å². The Morgan fingerprint density at radius 1 is 0.720 bits per heavy atom. The summed E-state index contributed by atoms with van der Waals surface area (Å²) >= 11 is 0. The fraction of sp³-hybridized carbons (Fsp3) is 0.783. The second-order valence-corrected chi connectivity index (χ2v) is 7.45. The van der Waals surface area contributed by atoms with E-state index in [-0.39, 0.29) is 5.91 Å². The molecule has 0 aromatic rings. The quantitative estimate of drug-likeness (QED) is 0.181. The summed E-state index contributed by atoms with van der Waals surface area (Å²) in [5, 5.41) is 0. The Morgan fingerprint density at radius 2 is 1.20 bits per heavy atom. The molecule has 0 aromatic heterocycles. The van der Waals surface area contributed by atoms with Crippen molar-refractivity contribution in [3.8, 4) is 0 Å². The van der Waals surface area contributed by atoms with Gasteiger partial charge in [-0.05, 0) is 57.4 Å². The summed E-state index contributed by atoms with van der Waals surface area (Å²) < 4.78 is 0. The van der Waals surface area contributed by atoms with Crippen LogP contribution >= 0.6 is 0 Å². The Bertz CT molecular complexity index is 366. The summed E-state index contributed by atoms with van der Waals surface area (Å²) in [6.07, 6.45) is 28.0. The van der Waals surface area contributed by atoms with E-state index in [1.54, 1.807) is 6.08 Å². The van der Waals surface area contributed by atoms with Crippen molar-refractivity contribution in [1.29, 1.82) is 0 Å². The van der Waals surface area contributed by atoms with Gasteiger partial charge in [-0.15, -0.1) is 0 Å². The van der Waals surface area contributed by atoms with Gasteiger partial charge in [0.05, 0.1) is 0 Å². The van der Waals surface area contributed by atoms with Crippen LogP contribution in [0.1, 0.15) is 103 Å². The molecule has 0 atom stereocenters. The maximum absolute atomic E-state index is 11.8. The van der Waals surface area contributed by atoms with E-state index in [4.69, 9.17) is 0 Å². The second-order valence-electron chi connectivity index (χ2n) is 7.45. The lowest BCUT2D eigenvalue weighted by atomic mass is 10.1. The minimum Gasteiger partial charge on any atom is -0.339 e. The van der Waals surface area contributed by atoms with E-state index in [9.17, 15) is 4.79 Å². The van der Waals surface area contributed by atoms with Crippen LogP contribution in [0.5, 0.6) is 0 Å². The lowest BCUT2D eigenvalue weighted by Gasteiger charge is -2.11. The van der Waals surface area contributed by atoms with Crippen LogP contribution < -0.4 is 0 Å². The average molecular weight is 348 g/mol. The van der Waals surface area contributed by atoms with Crippen molar-refractivity contribution >= 4 is 5.91 Å². The molecule has 1 rings (SSSR count). The number of carbonyl (C=O) groups excluding carboxylic acids is 1. The molecule has 0 bridgehead atoms. The van der Waals surface area contributed by atoms with Gasteiger partial charge in [0.25, 0.3) is 0 Å². The molecule has 144 valence electrons. The van der Waals surface area contributed by atoms with Crippen LogP contribution in [0.3, 0.4) is 0 Å². The molecule has 1 aliphatic heterocycles. The maximum Gasteiger partial charge on any atom is 0.246 e. The van der Waals surface area contributed by atoms with Crippen LogP contribution in [0.4, 0.5) is 0 Å². The van der Waals surface area contributed by atoms with Gasteiger partial charge in [0.15, 0.2) is 0 Å². The molecule has 0 N–H and O–H groups in total. The van der Waals surface area contributed by atoms with Crippen molar-refractivity contribution in [2.24, 2.45) is 0 Å². The summed E-state index contributed by atoms with van der Waals surface area (Å²) in [6.45, 7) is 4.18. The van der Waals surface area contributed by atoms with Crippen LogP contribution in [0.15, 0.2) is 24.3 Å². The number of amides is 1. The smallest absolute Gasteiger partial charge is 0.246 e. The van der Waals surface area contributed by atoms with Crippen molar-refractivity contribution in [3.05, 3.63) is 24.3 Å². The molecule has 0 saturated carbocycles. The minimum absolute atomic E-state index is 0.214. The zero-order valence-electron chi connectivity index (χ0n) is 16.7. The standard InChI is InChI=1S/C23H41NO/c1-2-3-4-5-6-7-8-9-10-11-12-13-14-15-16-17-20-23(25)24-21-18-19-22-24/h10-11,17,20H,2-9,12-16,18-19,21-22H2,1H3. The van der Waals surface area contributed by atoms with Gasteiger partial charge in [-0.3, -0.25) is 4.79 Å². The molecule has 0 unspecified atom stereocenters. The zero-order chi connectivity index (χ0) is 18.0. The van der Waals surface area contributed by atoms with E-state index < -0.39 is 0 Å². The molecule has 2 heteroatoms. The Hall–Kier alpha value is -1.05. The fourth-order valence-electron chi connectivity index (χ4n) is 3.38. The van der Waals surface area contributed by atoms with E-state index in [0.717, 1.165) is 19.5 Å². The molecule has 2 nitrogen and oxygen atoms in total. The molecular formula is C23H41NO. The fourth-order valence-corrected chi connectivity index (χ4v) is 3.38. The van der Waals surface area contributed by atoms with E-state index in [2.05, 4.69) is 25.2 Å². The summed E-state index contributed by atoms with van der Waals surface area (Å²) in [7, 11) is 0. The number of likely N-dealkylation sites (tertiary alicyclic amines) is 1. The summed E-state index contributed by atoms with van der Waals surface area (Å²) in [5.74, 6) is 0.214. The van der Waals surface area contributed by atoms with Crippen LogP contribution in [0.25, 0.3) is 0 Å². The van der Waals surface area contributed by atoms with E-state index in [0.29, 0.717) is 0 Å². The molecular weight excluding hydrogens is 306 g/mol. The summed E-state index contributed by atoms with van der Waals surface area (Å²) in [4.78, 5) is 13.8. The molecule has 25 heavy (non-hydrogen) atoms. The predicted molar refractivity (Wildman–Crippen MR) is 110 cm³/mol. The molecule has 1 heterocycles. The lowest BCUT2D eigenvalue weighted by Crippen LogP contribution is -2.25. The number of carbonyl (C=O) groups is 1. The number of nitrogens with zero attached hydrogens (tertiary/aromatic N) is 1. The second kappa shape index (κ2) is 16.4. The van der Waals surface area contributed by atoms with Crippen molar-refractivity contribution in [3.63, 3.8) is 0 Å². The van der Waals surface area contributed by atoms with Gasteiger partial charge in [-0.1, -0.05) is 70.1 Å². The van der Waals surface area contributed by atoms with Gasteiger partial charge in [0.2, 0.25) is 5.91 Å². The highest BCUT2D eigenvalue weighted by molar-refractivity contribution is 5.87. The highest BCUT2D eigenvalue weighted by Crippen LogP contribution is 2.10. The first kappa shape index (κ1) is 22.0. The summed E-state index contributed by atoms with van der Waals surface area (Å²) in [5.41, 5.74) is 0. The topological polar surface area (TPSA) is 20.3 Å². The maximum atomic E-state index is 11.8. The van der Waals surface area contributed by atoms with Gasteiger partial charge in [0.1, 0.15) is 0 Å². The van der Waals surface area contributed by atoms with Crippen LogP contribution in [0, 0.1) is 0 Å². The van der Waals surface area contributed by atoms with Crippen LogP contribution in [0.2, 0.25) is 0 Å². The largest absolute Gasteiger partial charge is 0.339 e. The first-order valence-corrected chi connectivity index (χ1v) is 10.9. The Labute approximate surface area is 156 Å². The van der Waals surface area contributed by atoms with E-state index in [1.807, 2.05) is 4.90 Å². The molecule has 1 fully saturated rings. The number of hydrogen-bond acceptors (Lipinski definition) is 1. The van der Waals surface area contributed by atoms with Crippen LogP contribution in [-0.2, 0) is 4.79 Å². The number of hydrogen-bond donors (Lipinski definition) is 0. The third-order valence-electron chi connectivity index (χ3n) is 5.06. The van der Waals surface area contributed by atoms with Gasteiger partial charge in [-0.25, -0.2) is 0 Å². The Kier molecular flexibility index (Phi) is 14.4. The first-order valence-electron chi connectivity index (χ1n) is 10.9. The highest BCUT2D eigenvalue weighted by atomic mass is 16.2. The Balaban J connectivity index is 1.81. The van der Waals surface area contributed by atoms with Crippen LogP contribution in [-0.4, -0.2) is 23.9 Å². The van der Waals surface area contributed by atoms with Crippen molar-refractivity contribution < 1.29 is 4.79 Å². The molecule has 0 aliphatic carbocycles. The monoisotopic (exact) mass is 347 g/mol. The van der Waals surface area contributed by atoms with Crippen molar-refractivity contribution in [1.82, 2.24) is 4.90 Å². The van der Waals surface area contributed by atoms with Crippen molar-refractivity contribution in [2.75, 3.05) is 13.1 Å². The van der Waals surface area contributed by atoms with Crippen molar-refractivity contribution in [2.45, 2.75) is 103 Å². The number of rotatable bonds is 15. The highest BCUT2D eigenvalue weighted by Gasteiger charge is 2.14. The van der Waals surface area contributed by atoms with E-state index >= 15 is 0 Å². The predicted octanol–water partition coefficient (Wildman–Crippen LogP) is 6.81. The minimum atomic E-state index is 0.214. The van der Waals surface area contributed by atoms with E-state index in [1.165, 1.54) is 89.9 Å². The normalized spacial score (nSPS) is 15.0. The molecule has 0 radical (unpaired) electrons. The average Bonchev–Trinajstić information content (AvgIpc) is 3.16. The SMILES string of the molecule is CCCCCCCCCC=CCCCCCC=CC(=O)N1CCCC1. The first-order chi connectivity index (χ1) is 12.3. The third-order valence-corrected chi connectivity index (χ3v) is 5.06.